The van der Waals surface area contributed by atoms with Crippen LogP contribution in [0.1, 0.15) is 5.69 Å². The Morgan fingerprint density at radius 1 is 1.00 bits per heavy atom. The maximum atomic E-state index is 12.1. The lowest BCUT2D eigenvalue weighted by molar-refractivity contribution is 1.14. The maximum Gasteiger partial charge on any atom is 0.274 e. The first kappa shape index (κ1) is 13.7. The minimum absolute atomic E-state index is 0.230. The SMILES string of the molecule is O=c1[nH]c2ccccc2nc1/C=C/n1c(=S)[nH]c2ccccc21. The van der Waals surface area contributed by atoms with Crippen LogP contribution in [0.3, 0.4) is 0 Å². The molecule has 2 aromatic carbocycles. The third-order valence-electron chi connectivity index (χ3n) is 3.63. The zero-order valence-corrected chi connectivity index (χ0v) is 12.8. The second-order valence-electron chi connectivity index (χ2n) is 5.10. The van der Waals surface area contributed by atoms with Gasteiger partial charge in [-0.05, 0) is 42.6 Å². The van der Waals surface area contributed by atoms with Gasteiger partial charge in [0.2, 0.25) is 0 Å². The highest BCUT2D eigenvalue weighted by Crippen LogP contribution is 2.14. The molecule has 2 aromatic heterocycles. The summed E-state index contributed by atoms with van der Waals surface area (Å²) in [5.41, 5.74) is 3.48. The van der Waals surface area contributed by atoms with Crippen molar-refractivity contribution >= 4 is 46.6 Å². The fourth-order valence-electron chi connectivity index (χ4n) is 2.52. The molecule has 4 rings (SSSR count). The van der Waals surface area contributed by atoms with Crippen molar-refractivity contribution in [1.82, 2.24) is 19.5 Å². The minimum atomic E-state index is -0.230. The molecule has 2 N–H and O–H groups in total. The molecule has 0 atom stereocenters. The topological polar surface area (TPSA) is 66.5 Å². The Kier molecular flexibility index (Phi) is 3.17. The molecule has 6 heteroatoms. The number of rotatable bonds is 2. The van der Waals surface area contributed by atoms with Gasteiger partial charge in [-0.2, -0.15) is 0 Å². The standard InChI is InChI=1S/C17H12N4OS/c22-16-14(18-11-5-1-2-6-12(11)19-16)9-10-21-15-8-4-3-7-13(15)20-17(21)23/h1-10H,(H,19,22)(H,20,23)/b10-9+. The van der Waals surface area contributed by atoms with Crippen LogP contribution in [0.15, 0.2) is 53.3 Å². The largest absolute Gasteiger partial charge is 0.330 e. The van der Waals surface area contributed by atoms with E-state index in [2.05, 4.69) is 15.0 Å². The number of benzene rings is 2. The van der Waals surface area contributed by atoms with Gasteiger partial charge in [0.05, 0.1) is 22.1 Å². The molecule has 0 saturated heterocycles. The minimum Gasteiger partial charge on any atom is -0.330 e. The van der Waals surface area contributed by atoms with Gasteiger partial charge in [-0.25, -0.2) is 4.98 Å². The average Bonchev–Trinajstić information content (AvgIpc) is 2.88. The summed E-state index contributed by atoms with van der Waals surface area (Å²) in [6.45, 7) is 0. The molecule has 23 heavy (non-hydrogen) atoms. The van der Waals surface area contributed by atoms with Crippen LogP contribution >= 0.6 is 12.2 Å². The third kappa shape index (κ3) is 2.39. The third-order valence-corrected chi connectivity index (χ3v) is 3.93. The number of fused-ring (bicyclic) bond motifs is 2. The first-order chi connectivity index (χ1) is 11.2. The Morgan fingerprint density at radius 2 is 1.74 bits per heavy atom. The molecule has 0 bridgehead atoms. The molecule has 0 unspecified atom stereocenters. The van der Waals surface area contributed by atoms with E-state index >= 15 is 0 Å². The van der Waals surface area contributed by atoms with Gasteiger partial charge in [0.15, 0.2) is 4.77 Å². The molecular weight excluding hydrogens is 308 g/mol. The van der Waals surface area contributed by atoms with Crippen LogP contribution in [0.4, 0.5) is 0 Å². The van der Waals surface area contributed by atoms with Crippen molar-refractivity contribution in [3.05, 3.63) is 69.3 Å². The van der Waals surface area contributed by atoms with Crippen molar-refractivity contribution in [2.45, 2.75) is 0 Å². The first-order valence-corrected chi connectivity index (χ1v) is 7.50. The number of hydrogen-bond donors (Lipinski definition) is 2. The summed E-state index contributed by atoms with van der Waals surface area (Å²) in [6, 6.07) is 15.2. The van der Waals surface area contributed by atoms with Crippen LogP contribution in [0.5, 0.6) is 0 Å². The summed E-state index contributed by atoms with van der Waals surface area (Å²) in [7, 11) is 0. The van der Waals surface area contributed by atoms with Crippen LogP contribution in [-0.4, -0.2) is 19.5 Å². The van der Waals surface area contributed by atoms with Crippen LogP contribution in [0.25, 0.3) is 34.3 Å². The summed E-state index contributed by atoms with van der Waals surface area (Å²) in [6.07, 6.45) is 3.43. The van der Waals surface area contributed by atoms with Crippen LogP contribution < -0.4 is 5.56 Å². The van der Waals surface area contributed by atoms with Gasteiger partial charge >= 0.3 is 0 Å². The number of hydrogen-bond acceptors (Lipinski definition) is 3. The summed E-state index contributed by atoms with van der Waals surface area (Å²) < 4.78 is 2.39. The molecule has 0 fully saturated rings. The van der Waals surface area contributed by atoms with E-state index < -0.39 is 0 Å². The number of nitrogens with one attached hydrogen (secondary N) is 2. The molecule has 0 aliphatic carbocycles. The molecule has 0 saturated carbocycles. The summed E-state index contributed by atoms with van der Waals surface area (Å²) in [5.74, 6) is 0. The van der Waals surface area contributed by atoms with Gasteiger partial charge in [-0.3, -0.25) is 9.36 Å². The Morgan fingerprint density at radius 3 is 2.61 bits per heavy atom. The molecule has 0 amide bonds. The second kappa shape index (κ2) is 5.33. The van der Waals surface area contributed by atoms with Crippen molar-refractivity contribution in [1.29, 1.82) is 0 Å². The average molecular weight is 320 g/mol. The highest BCUT2D eigenvalue weighted by Gasteiger charge is 2.03. The van der Waals surface area contributed by atoms with E-state index in [1.165, 1.54) is 0 Å². The van der Waals surface area contributed by atoms with E-state index in [-0.39, 0.29) is 5.56 Å². The van der Waals surface area contributed by atoms with Crippen molar-refractivity contribution in [2.75, 3.05) is 0 Å². The second-order valence-corrected chi connectivity index (χ2v) is 5.49. The Bertz CT molecular complexity index is 1170. The van der Waals surface area contributed by atoms with E-state index in [1.807, 2.05) is 53.1 Å². The van der Waals surface area contributed by atoms with E-state index in [0.29, 0.717) is 10.5 Å². The smallest absolute Gasteiger partial charge is 0.274 e. The highest BCUT2D eigenvalue weighted by atomic mass is 32.1. The molecule has 4 aromatic rings. The summed E-state index contributed by atoms with van der Waals surface area (Å²) in [4.78, 5) is 22.5. The zero-order valence-electron chi connectivity index (χ0n) is 12.0. The molecule has 112 valence electrons. The highest BCUT2D eigenvalue weighted by molar-refractivity contribution is 7.71. The van der Waals surface area contributed by atoms with Gasteiger partial charge in [-0.15, -0.1) is 0 Å². The number of H-pyrrole nitrogens is 2. The lowest BCUT2D eigenvalue weighted by Crippen LogP contribution is -2.11. The number of para-hydroxylation sites is 4. The van der Waals surface area contributed by atoms with Crippen LogP contribution in [0.2, 0.25) is 0 Å². The van der Waals surface area contributed by atoms with Gasteiger partial charge in [0, 0.05) is 6.20 Å². The van der Waals surface area contributed by atoms with E-state index in [9.17, 15) is 4.79 Å². The number of imidazole rings is 1. The quantitative estimate of drug-likeness (QED) is 0.555. The van der Waals surface area contributed by atoms with Crippen molar-refractivity contribution in [2.24, 2.45) is 0 Å². The van der Waals surface area contributed by atoms with Gasteiger partial charge in [0.25, 0.3) is 5.56 Å². The van der Waals surface area contributed by atoms with Gasteiger partial charge < -0.3 is 9.97 Å². The van der Waals surface area contributed by atoms with Gasteiger partial charge in [-0.1, -0.05) is 24.3 Å². The normalized spacial score (nSPS) is 11.7. The fraction of sp³-hybridized carbons (Fsp3) is 0. The maximum absolute atomic E-state index is 12.1. The zero-order chi connectivity index (χ0) is 15.8. The van der Waals surface area contributed by atoms with Crippen LogP contribution in [0, 0.1) is 4.77 Å². The lowest BCUT2D eigenvalue weighted by atomic mass is 10.3. The summed E-state index contributed by atoms with van der Waals surface area (Å²) in [5, 5.41) is 0. The van der Waals surface area contributed by atoms with E-state index in [1.54, 1.807) is 12.3 Å². The van der Waals surface area contributed by atoms with E-state index in [4.69, 9.17) is 12.2 Å². The molecule has 2 heterocycles. The number of aromatic amines is 2. The molecular formula is C17H12N4OS. The molecule has 0 spiro atoms. The fourth-order valence-corrected chi connectivity index (χ4v) is 2.79. The van der Waals surface area contributed by atoms with Crippen molar-refractivity contribution < 1.29 is 0 Å². The Labute approximate surface area is 135 Å². The molecule has 5 nitrogen and oxygen atoms in total. The summed E-state index contributed by atoms with van der Waals surface area (Å²) >= 11 is 5.33. The number of nitrogens with zero attached hydrogens (tertiary/aromatic N) is 2. The van der Waals surface area contributed by atoms with Crippen molar-refractivity contribution in [3.8, 4) is 0 Å². The Balaban J connectivity index is 1.85. The molecule has 0 aliphatic heterocycles. The van der Waals surface area contributed by atoms with Crippen molar-refractivity contribution in [3.63, 3.8) is 0 Å². The lowest BCUT2D eigenvalue weighted by Gasteiger charge is -1.99. The number of aromatic nitrogens is 4. The monoisotopic (exact) mass is 320 g/mol. The molecule has 0 radical (unpaired) electrons. The predicted octanol–water partition coefficient (Wildman–Crippen LogP) is 3.56. The van der Waals surface area contributed by atoms with Gasteiger partial charge in [0.1, 0.15) is 5.69 Å². The van der Waals surface area contributed by atoms with Crippen LogP contribution in [-0.2, 0) is 0 Å². The predicted molar refractivity (Wildman–Crippen MR) is 94.7 cm³/mol. The van der Waals surface area contributed by atoms with E-state index in [0.717, 1.165) is 22.1 Å². The molecule has 0 aliphatic rings. The first-order valence-electron chi connectivity index (χ1n) is 7.09. The Hall–Kier alpha value is -2.99.